The minimum atomic E-state index is -0.182. The van der Waals surface area contributed by atoms with Crippen LogP contribution in [0.15, 0.2) is 42.5 Å². The lowest BCUT2D eigenvalue weighted by molar-refractivity contribution is 0.174. The van der Waals surface area contributed by atoms with Gasteiger partial charge in [-0.15, -0.1) is 0 Å². The van der Waals surface area contributed by atoms with Crippen LogP contribution in [0.5, 0.6) is 11.5 Å². The van der Waals surface area contributed by atoms with Gasteiger partial charge in [-0.25, -0.2) is 4.39 Å². The van der Waals surface area contributed by atoms with Crippen LogP contribution in [0.4, 0.5) is 4.39 Å². The first-order valence-electron chi connectivity index (χ1n) is 6.60. The molecule has 1 unspecified atom stereocenters. The maximum absolute atomic E-state index is 13.7. The van der Waals surface area contributed by atoms with Crippen LogP contribution in [-0.4, -0.2) is 6.79 Å². The molecule has 0 amide bonds. The van der Waals surface area contributed by atoms with Gasteiger partial charge in [-0.1, -0.05) is 24.3 Å². The molecule has 0 fully saturated rings. The third kappa shape index (κ3) is 2.60. The van der Waals surface area contributed by atoms with Gasteiger partial charge in [0.25, 0.3) is 0 Å². The monoisotopic (exact) mass is 273 g/mol. The van der Waals surface area contributed by atoms with Crippen LogP contribution in [0.25, 0.3) is 0 Å². The third-order valence-electron chi connectivity index (χ3n) is 3.42. The number of rotatable bonds is 4. The molecule has 0 spiro atoms. The maximum Gasteiger partial charge on any atom is 0.231 e. The summed E-state index contributed by atoms with van der Waals surface area (Å²) in [6.07, 6.45) is 0. The quantitative estimate of drug-likeness (QED) is 0.926. The molecule has 1 atom stereocenters. The van der Waals surface area contributed by atoms with Gasteiger partial charge in [-0.3, -0.25) is 0 Å². The summed E-state index contributed by atoms with van der Waals surface area (Å²) >= 11 is 0. The van der Waals surface area contributed by atoms with Gasteiger partial charge >= 0.3 is 0 Å². The summed E-state index contributed by atoms with van der Waals surface area (Å²) < 4.78 is 24.3. The fourth-order valence-electron chi connectivity index (χ4n) is 2.26. The van der Waals surface area contributed by atoms with Crippen molar-refractivity contribution >= 4 is 0 Å². The summed E-state index contributed by atoms with van der Waals surface area (Å²) in [7, 11) is 0. The van der Waals surface area contributed by atoms with Gasteiger partial charge in [-0.05, 0) is 30.7 Å². The van der Waals surface area contributed by atoms with E-state index in [0.29, 0.717) is 12.1 Å². The van der Waals surface area contributed by atoms with Gasteiger partial charge in [0, 0.05) is 18.2 Å². The first-order valence-corrected chi connectivity index (χ1v) is 6.60. The van der Waals surface area contributed by atoms with Gasteiger partial charge in [-0.2, -0.15) is 0 Å². The molecule has 0 aliphatic carbocycles. The summed E-state index contributed by atoms with van der Waals surface area (Å²) in [4.78, 5) is 0. The molecule has 4 heteroatoms. The van der Waals surface area contributed by atoms with E-state index in [1.54, 1.807) is 12.1 Å². The van der Waals surface area contributed by atoms with Crippen molar-refractivity contribution in [2.24, 2.45) is 0 Å². The second-order valence-corrected chi connectivity index (χ2v) is 4.81. The predicted octanol–water partition coefficient (Wildman–Crippen LogP) is 3.41. The zero-order valence-electron chi connectivity index (χ0n) is 11.2. The molecule has 1 aliphatic heterocycles. The molecule has 1 N–H and O–H groups in total. The van der Waals surface area contributed by atoms with Crippen molar-refractivity contribution in [2.75, 3.05) is 6.79 Å². The second-order valence-electron chi connectivity index (χ2n) is 4.81. The molecule has 20 heavy (non-hydrogen) atoms. The topological polar surface area (TPSA) is 30.5 Å². The Morgan fingerprint density at radius 2 is 1.95 bits per heavy atom. The Morgan fingerprint density at radius 3 is 2.80 bits per heavy atom. The molecule has 0 saturated heterocycles. The highest BCUT2D eigenvalue weighted by atomic mass is 19.1. The van der Waals surface area contributed by atoms with E-state index in [1.807, 2.05) is 31.2 Å². The molecule has 1 heterocycles. The number of nitrogens with one attached hydrogen (secondary N) is 1. The molecule has 3 rings (SSSR count). The van der Waals surface area contributed by atoms with Gasteiger partial charge in [0.1, 0.15) is 5.82 Å². The van der Waals surface area contributed by atoms with Crippen LogP contribution < -0.4 is 14.8 Å². The summed E-state index contributed by atoms with van der Waals surface area (Å²) in [6.45, 7) is 2.87. The average Bonchev–Trinajstić information content (AvgIpc) is 2.92. The van der Waals surface area contributed by atoms with E-state index in [-0.39, 0.29) is 18.7 Å². The van der Waals surface area contributed by atoms with Gasteiger partial charge in [0.05, 0.1) is 0 Å². The Labute approximate surface area is 117 Å². The lowest BCUT2D eigenvalue weighted by Crippen LogP contribution is -2.19. The fourth-order valence-corrected chi connectivity index (χ4v) is 2.26. The summed E-state index contributed by atoms with van der Waals surface area (Å²) in [5.74, 6) is 1.36. The lowest BCUT2D eigenvalue weighted by atomic mass is 10.1. The van der Waals surface area contributed by atoms with Crippen LogP contribution in [0, 0.1) is 5.82 Å². The normalized spacial score (nSPS) is 14.3. The Balaban J connectivity index is 1.66. The molecule has 3 nitrogen and oxygen atoms in total. The molecule has 2 aromatic carbocycles. The smallest absolute Gasteiger partial charge is 0.231 e. The van der Waals surface area contributed by atoms with Crippen molar-refractivity contribution in [2.45, 2.75) is 19.5 Å². The number of ether oxygens (including phenoxy) is 2. The minimum Gasteiger partial charge on any atom is -0.454 e. The highest BCUT2D eigenvalue weighted by Gasteiger charge is 2.14. The van der Waals surface area contributed by atoms with E-state index in [1.165, 1.54) is 6.07 Å². The highest BCUT2D eigenvalue weighted by Crippen LogP contribution is 2.32. The summed E-state index contributed by atoms with van der Waals surface area (Å²) in [5.41, 5.74) is 1.76. The van der Waals surface area contributed by atoms with Crippen molar-refractivity contribution < 1.29 is 13.9 Å². The molecule has 2 aromatic rings. The fraction of sp³-hybridized carbons (Fsp3) is 0.250. The Morgan fingerprint density at radius 1 is 1.15 bits per heavy atom. The van der Waals surface area contributed by atoms with Gasteiger partial charge in [0.15, 0.2) is 11.5 Å². The van der Waals surface area contributed by atoms with E-state index >= 15 is 0 Å². The average molecular weight is 273 g/mol. The first kappa shape index (κ1) is 12.9. The van der Waals surface area contributed by atoms with Crippen LogP contribution in [0.3, 0.4) is 0 Å². The molecule has 0 radical (unpaired) electrons. The van der Waals surface area contributed by atoms with Crippen molar-refractivity contribution in [3.63, 3.8) is 0 Å². The molecule has 0 aromatic heterocycles. The number of benzene rings is 2. The standard InChI is InChI=1S/C16H16FNO2/c1-11(13-4-2-3-5-14(13)17)18-9-12-6-7-15-16(8-12)20-10-19-15/h2-8,11,18H,9-10H2,1H3. The van der Waals surface area contributed by atoms with E-state index in [0.717, 1.165) is 17.1 Å². The van der Waals surface area contributed by atoms with Crippen molar-refractivity contribution in [1.29, 1.82) is 0 Å². The summed E-state index contributed by atoms with van der Waals surface area (Å²) in [5, 5.41) is 3.31. The Bertz CT molecular complexity index is 615. The van der Waals surface area contributed by atoms with Crippen molar-refractivity contribution in [1.82, 2.24) is 5.32 Å². The number of hydrogen-bond donors (Lipinski definition) is 1. The maximum atomic E-state index is 13.7. The largest absolute Gasteiger partial charge is 0.454 e. The van der Waals surface area contributed by atoms with E-state index in [9.17, 15) is 4.39 Å². The van der Waals surface area contributed by atoms with Crippen LogP contribution in [-0.2, 0) is 6.54 Å². The molecule has 0 saturated carbocycles. The van der Waals surface area contributed by atoms with Crippen LogP contribution in [0.1, 0.15) is 24.1 Å². The van der Waals surface area contributed by atoms with Crippen LogP contribution >= 0.6 is 0 Å². The zero-order valence-corrected chi connectivity index (χ0v) is 11.2. The van der Waals surface area contributed by atoms with E-state index in [4.69, 9.17) is 9.47 Å². The van der Waals surface area contributed by atoms with Crippen molar-refractivity contribution in [3.8, 4) is 11.5 Å². The van der Waals surface area contributed by atoms with Gasteiger partial charge in [0.2, 0.25) is 6.79 Å². The Kier molecular flexibility index (Phi) is 3.56. The molecule has 1 aliphatic rings. The molecular formula is C16H16FNO2. The first-order chi connectivity index (χ1) is 9.74. The SMILES string of the molecule is CC(NCc1ccc2c(c1)OCO2)c1ccccc1F. The summed E-state index contributed by atoms with van der Waals surface area (Å²) in [6, 6.07) is 12.6. The number of hydrogen-bond acceptors (Lipinski definition) is 3. The van der Waals surface area contributed by atoms with Gasteiger partial charge < -0.3 is 14.8 Å². The number of halogens is 1. The molecule has 0 bridgehead atoms. The lowest BCUT2D eigenvalue weighted by Gasteiger charge is -2.15. The van der Waals surface area contributed by atoms with E-state index < -0.39 is 0 Å². The Hall–Kier alpha value is -2.07. The zero-order chi connectivity index (χ0) is 13.9. The van der Waals surface area contributed by atoms with E-state index in [2.05, 4.69) is 5.32 Å². The predicted molar refractivity (Wildman–Crippen MR) is 74.2 cm³/mol. The highest BCUT2D eigenvalue weighted by molar-refractivity contribution is 5.44. The number of fused-ring (bicyclic) bond motifs is 1. The second kappa shape index (κ2) is 5.51. The minimum absolute atomic E-state index is 0.0541. The van der Waals surface area contributed by atoms with Crippen LogP contribution in [0.2, 0.25) is 0 Å². The molecular weight excluding hydrogens is 257 g/mol. The third-order valence-corrected chi connectivity index (χ3v) is 3.42. The van der Waals surface area contributed by atoms with Crippen molar-refractivity contribution in [3.05, 3.63) is 59.4 Å². The molecule has 104 valence electrons.